The van der Waals surface area contributed by atoms with Crippen LogP contribution in [0.15, 0.2) is 48.5 Å². The second-order valence-corrected chi connectivity index (χ2v) is 6.19. The second kappa shape index (κ2) is 5.41. The largest absolute Gasteiger partial charge is 0.293 e. The second-order valence-electron chi connectivity index (χ2n) is 4.94. The van der Waals surface area contributed by atoms with E-state index in [4.69, 9.17) is 0 Å². The van der Waals surface area contributed by atoms with E-state index in [0.717, 1.165) is 3.57 Å². The van der Waals surface area contributed by atoms with Gasteiger partial charge in [-0.3, -0.25) is 4.79 Å². The molecule has 0 heterocycles. The fraction of sp³-hybridized carbons (Fsp3) is 0.188. The van der Waals surface area contributed by atoms with E-state index in [1.54, 1.807) is 44.2 Å². The first-order valence-corrected chi connectivity index (χ1v) is 7.06. The molecule has 0 radical (unpaired) electrons. The van der Waals surface area contributed by atoms with Crippen LogP contribution in [0.25, 0.3) is 0 Å². The van der Waals surface area contributed by atoms with Crippen molar-refractivity contribution in [3.05, 3.63) is 69.0 Å². The van der Waals surface area contributed by atoms with Crippen molar-refractivity contribution < 1.29 is 9.18 Å². The molecule has 0 aliphatic rings. The van der Waals surface area contributed by atoms with E-state index >= 15 is 0 Å². The number of benzene rings is 2. The van der Waals surface area contributed by atoms with Gasteiger partial charge in [0.2, 0.25) is 0 Å². The number of carbonyl (C=O) groups is 1. The topological polar surface area (TPSA) is 17.1 Å². The predicted octanol–water partition coefficient (Wildman–Crippen LogP) is 4.59. The Morgan fingerprint density at radius 2 is 1.63 bits per heavy atom. The summed E-state index contributed by atoms with van der Waals surface area (Å²) in [4.78, 5) is 12.6. The molecule has 0 aliphatic heterocycles. The number of carbonyl (C=O) groups excluding carboxylic acids is 1. The highest BCUT2D eigenvalue weighted by Crippen LogP contribution is 2.29. The molecule has 0 saturated carbocycles. The summed E-state index contributed by atoms with van der Waals surface area (Å²) < 4.78 is 14.9. The van der Waals surface area contributed by atoms with Gasteiger partial charge in [-0.15, -0.1) is 0 Å². The first kappa shape index (κ1) is 14.2. The normalized spacial score (nSPS) is 11.4. The molecule has 0 spiro atoms. The van der Waals surface area contributed by atoms with Gasteiger partial charge in [0, 0.05) is 14.7 Å². The SMILES string of the molecule is CC(C)(C(=O)c1ccc(I)cc1)c1ccccc1F. The minimum absolute atomic E-state index is 0.0750. The molecule has 98 valence electrons. The first-order chi connectivity index (χ1) is 8.93. The van der Waals surface area contributed by atoms with Gasteiger partial charge >= 0.3 is 0 Å². The first-order valence-electron chi connectivity index (χ1n) is 5.98. The highest BCUT2D eigenvalue weighted by Gasteiger charge is 2.32. The average molecular weight is 368 g/mol. The summed E-state index contributed by atoms with van der Waals surface area (Å²) in [5.74, 6) is -0.416. The molecule has 2 aromatic rings. The number of halogens is 2. The summed E-state index contributed by atoms with van der Waals surface area (Å²) >= 11 is 2.19. The van der Waals surface area contributed by atoms with Crippen LogP contribution < -0.4 is 0 Å². The van der Waals surface area contributed by atoms with Crippen LogP contribution in [-0.4, -0.2) is 5.78 Å². The third-order valence-corrected chi connectivity index (χ3v) is 3.94. The molecule has 0 unspecified atom stereocenters. The monoisotopic (exact) mass is 368 g/mol. The third-order valence-electron chi connectivity index (χ3n) is 3.22. The van der Waals surface area contributed by atoms with Gasteiger partial charge in [-0.1, -0.05) is 30.3 Å². The van der Waals surface area contributed by atoms with Crippen molar-refractivity contribution in [2.45, 2.75) is 19.3 Å². The molecule has 2 aromatic carbocycles. The van der Waals surface area contributed by atoms with Gasteiger partial charge < -0.3 is 0 Å². The van der Waals surface area contributed by atoms with Crippen LogP contribution in [0.5, 0.6) is 0 Å². The molecule has 0 atom stereocenters. The molecule has 0 bridgehead atoms. The third kappa shape index (κ3) is 2.86. The molecule has 0 saturated heterocycles. The van der Waals surface area contributed by atoms with Crippen molar-refractivity contribution in [1.82, 2.24) is 0 Å². The summed E-state index contributed by atoms with van der Waals surface area (Å²) in [6.45, 7) is 3.51. The minimum atomic E-state index is -0.877. The van der Waals surface area contributed by atoms with E-state index in [0.29, 0.717) is 11.1 Å². The number of hydrogen-bond acceptors (Lipinski definition) is 1. The van der Waals surface area contributed by atoms with Crippen LogP contribution in [0.3, 0.4) is 0 Å². The van der Waals surface area contributed by atoms with E-state index in [2.05, 4.69) is 22.6 Å². The Bertz CT molecular complexity index is 602. The summed E-state index contributed by atoms with van der Waals surface area (Å²) in [5, 5.41) is 0. The van der Waals surface area contributed by atoms with Crippen molar-refractivity contribution in [2.24, 2.45) is 0 Å². The van der Waals surface area contributed by atoms with E-state index < -0.39 is 5.41 Å². The van der Waals surface area contributed by atoms with Crippen molar-refractivity contribution >= 4 is 28.4 Å². The van der Waals surface area contributed by atoms with Gasteiger partial charge in [0.05, 0.1) is 5.41 Å². The fourth-order valence-electron chi connectivity index (χ4n) is 2.05. The van der Waals surface area contributed by atoms with Gasteiger partial charge in [-0.05, 0) is 54.6 Å². The van der Waals surface area contributed by atoms with E-state index in [9.17, 15) is 9.18 Å². The summed E-state index contributed by atoms with van der Waals surface area (Å²) in [6, 6.07) is 13.8. The Morgan fingerprint density at radius 1 is 1.05 bits per heavy atom. The molecule has 0 amide bonds. The zero-order valence-corrected chi connectivity index (χ0v) is 12.9. The standard InChI is InChI=1S/C16H14FIO/c1-16(2,13-5-3-4-6-14(13)17)15(19)11-7-9-12(18)10-8-11/h3-10H,1-2H3. The van der Waals surface area contributed by atoms with Crippen LogP contribution in [-0.2, 0) is 5.41 Å². The lowest BCUT2D eigenvalue weighted by molar-refractivity contribution is 0.0906. The lowest BCUT2D eigenvalue weighted by Crippen LogP contribution is -2.30. The molecule has 19 heavy (non-hydrogen) atoms. The van der Waals surface area contributed by atoms with Crippen LogP contribution in [0.2, 0.25) is 0 Å². The number of ketones is 1. The Hall–Kier alpha value is -1.23. The van der Waals surface area contributed by atoms with Crippen LogP contribution in [0, 0.1) is 9.39 Å². The minimum Gasteiger partial charge on any atom is -0.293 e. The van der Waals surface area contributed by atoms with Gasteiger partial charge in [0.15, 0.2) is 5.78 Å². The van der Waals surface area contributed by atoms with Crippen LogP contribution >= 0.6 is 22.6 Å². The lowest BCUT2D eigenvalue weighted by atomic mass is 9.78. The molecule has 0 fully saturated rings. The Balaban J connectivity index is 2.42. The summed E-state index contributed by atoms with van der Waals surface area (Å²) in [6.07, 6.45) is 0. The molecular formula is C16H14FIO. The molecule has 0 aliphatic carbocycles. The van der Waals surface area contributed by atoms with Gasteiger partial charge in [0.1, 0.15) is 5.82 Å². The Labute approximate surface area is 126 Å². The smallest absolute Gasteiger partial charge is 0.172 e. The molecular weight excluding hydrogens is 354 g/mol. The van der Waals surface area contributed by atoms with Gasteiger partial charge in [-0.2, -0.15) is 0 Å². The molecule has 1 nitrogen and oxygen atoms in total. The maximum atomic E-state index is 13.9. The van der Waals surface area contributed by atoms with Gasteiger partial charge in [-0.25, -0.2) is 4.39 Å². The predicted molar refractivity (Wildman–Crippen MR) is 82.9 cm³/mol. The molecule has 0 N–H and O–H groups in total. The highest BCUT2D eigenvalue weighted by molar-refractivity contribution is 14.1. The van der Waals surface area contributed by atoms with Crippen LogP contribution in [0.4, 0.5) is 4.39 Å². The summed E-state index contributed by atoms with van der Waals surface area (Å²) in [5.41, 5.74) is 0.158. The summed E-state index contributed by atoms with van der Waals surface area (Å²) in [7, 11) is 0. The molecule has 2 rings (SSSR count). The Morgan fingerprint density at radius 3 is 2.21 bits per heavy atom. The number of rotatable bonds is 3. The van der Waals surface area contributed by atoms with Crippen molar-refractivity contribution in [3.8, 4) is 0 Å². The fourth-order valence-corrected chi connectivity index (χ4v) is 2.41. The van der Waals surface area contributed by atoms with Crippen molar-refractivity contribution in [1.29, 1.82) is 0 Å². The maximum Gasteiger partial charge on any atom is 0.172 e. The number of hydrogen-bond donors (Lipinski definition) is 0. The quantitative estimate of drug-likeness (QED) is 0.572. The van der Waals surface area contributed by atoms with E-state index in [1.807, 2.05) is 12.1 Å². The number of Topliss-reactive ketones (excluding diaryl/α,β-unsaturated/α-hetero) is 1. The molecule has 0 aromatic heterocycles. The Kier molecular flexibility index (Phi) is 4.04. The van der Waals surface area contributed by atoms with Crippen molar-refractivity contribution in [3.63, 3.8) is 0 Å². The maximum absolute atomic E-state index is 13.9. The van der Waals surface area contributed by atoms with E-state index in [-0.39, 0.29) is 11.6 Å². The average Bonchev–Trinajstić information content (AvgIpc) is 2.39. The van der Waals surface area contributed by atoms with Crippen molar-refractivity contribution in [2.75, 3.05) is 0 Å². The lowest BCUT2D eigenvalue weighted by Gasteiger charge is -2.24. The van der Waals surface area contributed by atoms with E-state index in [1.165, 1.54) is 6.07 Å². The zero-order valence-electron chi connectivity index (χ0n) is 10.8. The zero-order chi connectivity index (χ0) is 14.0. The van der Waals surface area contributed by atoms with Gasteiger partial charge in [0.25, 0.3) is 0 Å². The van der Waals surface area contributed by atoms with Crippen LogP contribution in [0.1, 0.15) is 29.8 Å². The molecule has 3 heteroatoms. The highest BCUT2D eigenvalue weighted by atomic mass is 127.